The molecule has 0 radical (unpaired) electrons. The highest BCUT2D eigenvalue weighted by molar-refractivity contribution is 5.44. The van der Waals surface area contributed by atoms with E-state index >= 15 is 0 Å². The molecule has 0 aromatic carbocycles. The Labute approximate surface area is 107 Å². The zero-order chi connectivity index (χ0) is 12.8. The Morgan fingerprint density at radius 3 is 2.89 bits per heavy atom. The van der Waals surface area contributed by atoms with Gasteiger partial charge in [-0.3, -0.25) is 4.79 Å². The third kappa shape index (κ3) is 3.11. The van der Waals surface area contributed by atoms with E-state index in [9.17, 15) is 4.79 Å². The summed E-state index contributed by atoms with van der Waals surface area (Å²) < 4.78 is 7.02. The molecule has 0 spiro atoms. The largest absolute Gasteiger partial charge is 0.380 e. The van der Waals surface area contributed by atoms with Crippen LogP contribution in [0.2, 0.25) is 0 Å². The predicted molar refractivity (Wildman–Crippen MR) is 72.3 cm³/mol. The lowest BCUT2D eigenvalue weighted by Crippen LogP contribution is -2.46. The van der Waals surface area contributed by atoms with Crippen molar-refractivity contribution in [3.63, 3.8) is 0 Å². The summed E-state index contributed by atoms with van der Waals surface area (Å²) in [6, 6.07) is 3.84. The molecule has 1 fully saturated rings. The molecule has 1 aromatic rings. The van der Waals surface area contributed by atoms with Crippen LogP contribution in [-0.4, -0.2) is 44.0 Å². The van der Waals surface area contributed by atoms with E-state index in [0.717, 1.165) is 31.9 Å². The van der Waals surface area contributed by atoms with Crippen LogP contribution < -0.4 is 15.8 Å². The summed E-state index contributed by atoms with van der Waals surface area (Å²) in [5.74, 6) is 0. The molecule has 0 saturated carbocycles. The maximum atomic E-state index is 12.3. The Bertz CT molecular complexity index is 424. The summed E-state index contributed by atoms with van der Waals surface area (Å²) in [6.07, 6.45) is 1.83. The molecule has 100 valence electrons. The van der Waals surface area contributed by atoms with Gasteiger partial charge in [0.2, 0.25) is 0 Å². The molecule has 1 aliphatic heterocycles. The summed E-state index contributed by atoms with van der Waals surface area (Å²) in [6.45, 7) is 7.51. The van der Waals surface area contributed by atoms with Gasteiger partial charge in [-0.2, -0.15) is 0 Å². The molecule has 0 amide bonds. The Kier molecular flexibility index (Phi) is 4.78. The van der Waals surface area contributed by atoms with Gasteiger partial charge in [0.15, 0.2) is 0 Å². The molecule has 2 rings (SSSR count). The Morgan fingerprint density at radius 2 is 2.17 bits per heavy atom. The van der Waals surface area contributed by atoms with Crippen molar-refractivity contribution >= 4 is 5.69 Å². The molecular weight excluding hydrogens is 230 g/mol. The van der Waals surface area contributed by atoms with Crippen molar-refractivity contribution < 1.29 is 4.74 Å². The van der Waals surface area contributed by atoms with E-state index in [2.05, 4.69) is 10.2 Å². The molecule has 5 heteroatoms. The molecule has 1 aromatic heterocycles. The fourth-order valence-corrected chi connectivity index (χ4v) is 2.15. The fraction of sp³-hybridized carbons (Fsp3) is 0.615. The van der Waals surface area contributed by atoms with Gasteiger partial charge in [-0.15, -0.1) is 0 Å². The number of nitrogens with zero attached hydrogens (tertiary/aromatic N) is 2. The minimum Gasteiger partial charge on any atom is -0.380 e. The molecule has 2 heterocycles. The first-order valence-corrected chi connectivity index (χ1v) is 6.56. The first-order chi connectivity index (χ1) is 8.83. The highest BCUT2D eigenvalue weighted by Crippen LogP contribution is 2.08. The molecule has 0 atom stereocenters. The molecule has 1 aliphatic rings. The highest BCUT2D eigenvalue weighted by Gasteiger charge is 2.14. The lowest BCUT2D eigenvalue weighted by Gasteiger charge is -2.29. The van der Waals surface area contributed by atoms with Crippen LogP contribution in [0.25, 0.3) is 0 Å². The zero-order valence-corrected chi connectivity index (χ0v) is 10.9. The van der Waals surface area contributed by atoms with E-state index < -0.39 is 0 Å². The monoisotopic (exact) mass is 251 g/mol. The van der Waals surface area contributed by atoms with Gasteiger partial charge in [0.1, 0.15) is 5.69 Å². The van der Waals surface area contributed by atoms with Crippen molar-refractivity contribution in [3.8, 4) is 0 Å². The molecular formula is C13H21N3O2. The number of aromatic nitrogens is 1. The summed E-state index contributed by atoms with van der Waals surface area (Å²) >= 11 is 0. The van der Waals surface area contributed by atoms with Crippen molar-refractivity contribution in [3.05, 3.63) is 28.7 Å². The minimum atomic E-state index is 0.0825. The van der Waals surface area contributed by atoms with E-state index in [4.69, 9.17) is 4.74 Å². The first kappa shape index (κ1) is 13.1. The van der Waals surface area contributed by atoms with E-state index in [1.54, 1.807) is 4.57 Å². The minimum absolute atomic E-state index is 0.0825. The van der Waals surface area contributed by atoms with Crippen LogP contribution in [0.3, 0.4) is 0 Å². The van der Waals surface area contributed by atoms with Gasteiger partial charge in [0, 0.05) is 45.5 Å². The van der Waals surface area contributed by atoms with E-state index in [0.29, 0.717) is 19.8 Å². The Hall–Kier alpha value is -1.33. The maximum absolute atomic E-state index is 12.3. The number of hydrogen-bond donors (Lipinski definition) is 1. The number of rotatable bonds is 5. The van der Waals surface area contributed by atoms with Crippen molar-refractivity contribution in [1.29, 1.82) is 0 Å². The van der Waals surface area contributed by atoms with Crippen LogP contribution in [0.5, 0.6) is 0 Å². The van der Waals surface area contributed by atoms with Gasteiger partial charge in [-0.25, -0.2) is 0 Å². The second-order valence-corrected chi connectivity index (χ2v) is 4.33. The van der Waals surface area contributed by atoms with Gasteiger partial charge < -0.3 is 19.5 Å². The average Bonchev–Trinajstić information content (AvgIpc) is 2.42. The fourth-order valence-electron chi connectivity index (χ4n) is 2.15. The number of nitrogens with one attached hydrogen (secondary N) is 1. The molecule has 5 nitrogen and oxygen atoms in total. The highest BCUT2D eigenvalue weighted by atomic mass is 16.5. The zero-order valence-electron chi connectivity index (χ0n) is 10.9. The van der Waals surface area contributed by atoms with Crippen LogP contribution in [-0.2, 0) is 11.3 Å². The topological polar surface area (TPSA) is 46.5 Å². The molecule has 0 aliphatic carbocycles. The van der Waals surface area contributed by atoms with Crippen molar-refractivity contribution in [1.82, 2.24) is 9.88 Å². The van der Waals surface area contributed by atoms with Crippen molar-refractivity contribution in [2.45, 2.75) is 13.5 Å². The van der Waals surface area contributed by atoms with E-state index in [1.807, 2.05) is 25.3 Å². The number of anilines is 1. The number of hydrogen-bond acceptors (Lipinski definition) is 4. The van der Waals surface area contributed by atoms with E-state index in [1.165, 1.54) is 0 Å². The van der Waals surface area contributed by atoms with Gasteiger partial charge in [0.25, 0.3) is 5.56 Å². The quantitative estimate of drug-likeness (QED) is 0.764. The van der Waals surface area contributed by atoms with Crippen molar-refractivity contribution in [2.75, 3.05) is 44.3 Å². The van der Waals surface area contributed by atoms with Crippen LogP contribution in [0.4, 0.5) is 5.69 Å². The summed E-state index contributed by atoms with van der Waals surface area (Å²) in [5, 5.41) is 3.29. The summed E-state index contributed by atoms with van der Waals surface area (Å²) in [5.41, 5.74) is 0.884. The molecule has 1 saturated heterocycles. The molecule has 0 unspecified atom stereocenters. The number of ether oxygens (including phenoxy) is 1. The maximum Gasteiger partial charge on any atom is 0.274 e. The second kappa shape index (κ2) is 6.56. The smallest absolute Gasteiger partial charge is 0.274 e. The van der Waals surface area contributed by atoms with Gasteiger partial charge in [-0.05, 0) is 19.1 Å². The molecule has 0 bridgehead atoms. The Balaban J connectivity index is 2.11. The van der Waals surface area contributed by atoms with Gasteiger partial charge in [0.05, 0.1) is 6.61 Å². The van der Waals surface area contributed by atoms with Crippen LogP contribution in [0, 0.1) is 0 Å². The normalized spacial score (nSPS) is 15.9. The van der Waals surface area contributed by atoms with Crippen LogP contribution in [0.1, 0.15) is 6.92 Å². The van der Waals surface area contributed by atoms with Crippen LogP contribution in [0.15, 0.2) is 23.1 Å². The lowest BCUT2D eigenvalue weighted by atomic mass is 10.3. The number of piperazine rings is 1. The first-order valence-electron chi connectivity index (χ1n) is 6.56. The summed E-state index contributed by atoms with van der Waals surface area (Å²) in [4.78, 5) is 14.5. The summed E-state index contributed by atoms with van der Waals surface area (Å²) in [7, 11) is 0. The van der Waals surface area contributed by atoms with Gasteiger partial charge >= 0.3 is 0 Å². The average molecular weight is 251 g/mol. The van der Waals surface area contributed by atoms with Crippen molar-refractivity contribution in [2.24, 2.45) is 0 Å². The van der Waals surface area contributed by atoms with E-state index in [-0.39, 0.29) is 5.56 Å². The number of pyridine rings is 1. The molecule has 18 heavy (non-hydrogen) atoms. The second-order valence-electron chi connectivity index (χ2n) is 4.33. The third-order valence-electron chi connectivity index (χ3n) is 3.14. The predicted octanol–water partition coefficient (Wildman–Crippen LogP) is 0.294. The third-order valence-corrected chi connectivity index (χ3v) is 3.14. The van der Waals surface area contributed by atoms with Crippen LogP contribution >= 0.6 is 0 Å². The SMILES string of the molecule is CCOCCn1cccc(N2CCNCC2)c1=O. The standard InChI is InChI=1S/C13H21N3O2/c1-2-18-11-10-16-7-3-4-12(13(16)17)15-8-5-14-6-9-15/h3-4,7,14H,2,5-6,8-11H2,1H3. The lowest BCUT2D eigenvalue weighted by molar-refractivity contribution is 0.138. The molecule has 1 N–H and O–H groups in total. The van der Waals surface area contributed by atoms with Gasteiger partial charge in [-0.1, -0.05) is 0 Å². The Morgan fingerprint density at radius 1 is 1.39 bits per heavy atom.